The third kappa shape index (κ3) is 4.85. The van der Waals surface area contributed by atoms with E-state index >= 15 is 0 Å². The Kier molecular flexibility index (Phi) is 5.48. The van der Waals surface area contributed by atoms with Gasteiger partial charge in [-0.25, -0.2) is 0 Å². The average Bonchev–Trinajstić information content (AvgIpc) is 3.13. The molecule has 0 bridgehead atoms. The number of hydrogen-bond acceptors (Lipinski definition) is 4. The minimum absolute atomic E-state index is 1.04. The normalized spacial score (nSPS) is 21.4. The molecule has 20 heavy (non-hydrogen) atoms. The number of piperazine rings is 1. The van der Waals surface area contributed by atoms with E-state index in [4.69, 9.17) is 0 Å². The summed E-state index contributed by atoms with van der Waals surface area (Å²) in [4.78, 5) is 5.28. The Morgan fingerprint density at radius 1 is 1.10 bits per heavy atom. The predicted octanol–water partition coefficient (Wildman–Crippen LogP) is 1.91. The standard InChI is InChI=1S/C16H27N3S/c1-2-15(1)13-19-10-8-18(9-11-19)7-6-17-5-3-16-4-12-20-14-16/h4,12,14-15,17H,1-3,5-11,13H2. The summed E-state index contributed by atoms with van der Waals surface area (Å²) < 4.78 is 0. The fraction of sp³-hybridized carbons (Fsp3) is 0.750. The third-order valence-electron chi connectivity index (χ3n) is 4.45. The first kappa shape index (κ1) is 14.5. The summed E-state index contributed by atoms with van der Waals surface area (Å²) in [6.07, 6.45) is 4.13. The van der Waals surface area contributed by atoms with Crippen LogP contribution in [-0.2, 0) is 6.42 Å². The second-order valence-corrected chi connectivity index (χ2v) is 7.00. The smallest absolute Gasteiger partial charge is 0.0110 e. The predicted molar refractivity (Wildman–Crippen MR) is 86.5 cm³/mol. The number of hydrogen-bond donors (Lipinski definition) is 1. The summed E-state index contributed by atoms with van der Waals surface area (Å²) in [5.41, 5.74) is 1.47. The van der Waals surface area contributed by atoms with Crippen LogP contribution in [0, 0.1) is 5.92 Å². The van der Waals surface area contributed by atoms with Crippen LogP contribution in [0.3, 0.4) is 0 Å². The van der Waals surface area contributed by atoms with Gasteiger partial charge in [-0.3, -0.25) is 4.90 Å². The van der Waals surface area contributed by atoms with Crippen LogP contribution in [0.15, 0.2) is 16.8 Å². The topological polar surface area (TPSA) is 18.5 Å². The fourth-order valence-electron chi connectivity index (χ4n) is 2.89. The third-order valence-corrected chi connectivity index (χ3v) is 5.19. The highest BCUT2D eigenvalue weighted by molar-refractivity contribution is 7.07. The van der Waals surface area contributed by atoms with Crippen molar-refractivity contribution in [3.63, 3.8) is 0 Å². The van der Waals surface area contributed by atoms with Crippen molar-refractivity contribution in [2.24, 2.45) is 5.92 Å². The van der Waals surface area contributed by atoms with E-state index in [1.807, 2.05) is 0 Å². The van der Waals surface area contributed by atoms with Gasteiger partial charge in [-0.2, -0.15) is 11.3 Å². The maximum atomic E-state index is 3.57. The number of thiophene rings is 1. The zero-order valence-corrected chi connectivity index (χ0v) is 13.2. The first-order valence-electron chi connectivity index (χ1n) is 8.06. The van der Waals surface area contributed by atoms with Crippen LogP contribution in [0.4, 0.5) is 0 Å². The molecule has 2 aliphatic rings. The quantitative estimate of drug-likeness (QED) is 0.739. The zero-order chi connectivity index (χ0) is 13.6. The maximum absolute atomic E-state index is 3.57. The number of rotatable bonds is 8. The molecule has 1 aromatic heterocycles. The van der Waals surface area contributed by atoms with Crippen molar-refractivity contribution in [2.75, 3.05) is 52.4 Å². The summed E-state index contributed by atoms with van der Waals surface area (Å²) in [5.74, 6) is 1.04. The maximum Gasteiger partial charge on any atom is 0.0110 e. The average molecular weight is 293 g/mol. The molecule has 2 heterocycles. The molecule has 3 rings (SSSR count). The van der Waals surface area contributed by atoms with Crippen LogP contribution < -0.4 is 5.32 Å². The summed E-state index contributed by atoms with van der Waals surface area (Å²) in [7, 11) is 0. The van der Waals surface area contributed by atoms with Gasteiger partial charge in [0, 0.05) is 45.8 Å². The molecule has 4 heteroatoms. The summed E-state index contributed by atoms with van der Waals surface area (Å²) in [6.45, 7) is 9.91. The molecule has 0 atom stereocenters. The first-order valence-corrected chi connectivity index (χ1v) is 9.01. The van der Waals surface area contributed by atoms with Gasteiger partial charge in [0.15, 0.2) is 0 Å². The van der Waals surface area contributed by atoms with Crippen molar-refractivity contribution in [3.8, 4) is 0 Å². The van der Waals surface area contributed by atoms with Crippen LogP contribution >= 0.6 is 11.3 Å². The highest BCUT2D eigenvalue weighted by Gasteiger charge is 2.26. The van der Waals surface area contributed by atoms with Crippen molar-refractivity contribution >= 4 is 11.3 Å². The molecule has 0 aromatic carbocycles. The Labute approximate surface area is 127 Å². The van der Waals surface area contributed by atoms with Gasteiger partial charge < -0.3 is 10.2 Å². The largest absolute Gasteiger partial charge is 0.315 e. The second kappa shape index (κ2) is 7.55. The van der Waals surface area contributed by atoms with E-state index in [-0.39, 0.29) is 0 Å². The lowest BCUT2D eigenvalue weighted by atomic mass is 10.2. The number of nitrogens with zero attached hydrogens (tertiary/aromatic N) is 2. The van der Waals surface area contributed by atoms with E-state index < -0.39 is 0 Å². The molecule has 1 N–H and O–H groups in total. The molecule has 1 aliphatic heterocycles. The van der Waals surface area contributed by atoms with Crippen LogP contribution in [0.5, 0.6) is 0 Å². The minimum atomic E-state index is 1.04. The Morgan fingerprint density at radius 2 is 1.90 bits per heavy atom. The molecule has 1 saturated carbocycles. The first-order chi connectivity index (χ1) is 9.90. The molecular formula is C16H27N3S. The highest BCUT2D eigenvalue weighted by atomic mass is 32.1. The summed E-state index contributed by atoms with van der Waals surface area (Å²) in [5, 5.41) is 7.99. The van der Waals surface area contributed by atoms with Gasteiger partial charge in [0.05, 0.1) is 0 Å². The van der Waals surface area contributed by atoms with Gasteiger partial charge in [-0.1, -0.05) is 0 Å². The highest BCUT2D eigenvalue weighted by Crippen LogP contribution is 2.29. The van der Waals surface area contributed by atoms with Crippen LogP contribution in [0.25, 0.3) is 0 Å². The molecule has 0 unspecified atom stereocenters. The number of nitrogens with one attached hydrogen (secondary N) is 1. The second-order valence-electron chi connectivity index (χ2n) is 6.22. The van der Waals surface area contributed by atoms with Crippen LogP contribution in [-0.4, -0.2) is 62.2 Å². The molecule has 112 valence electrons. The lowest BCUT2D eigenvalue weighted by molar-refractivity contribution is 0.129. The van der Waals surface area contributed by atoms with Crippen molar-refractivity contribution in [3.05, 3.63) is 22.4 Å². The molecule has 0 radical (unpaired) electrons. The van der Waals surface area contributed by atoms with E-state index in [0.717, 1.165) is 19.0 Å². The van der Waals surface area contributed by atoms with E-state index in [2.05, 4.69) is 31.9 Å². The molecule has 0 spiro atoms. The van der Waals surface area contributed by atoms with Crippen molar-refractivity contribution in [1.29, 1.82) is 0 Å². The van der Waals surface area contributed by atoms with E-state index in [0.29, 0.717) is 0 Å². The SMILES string of the molecule is c1cc(CCNCCN2CCN(CC3CC3)CC2)cs1. The fourth-order valence-corrected chi connectivity index (χ4v) is 3.59. The Morgan fingerprint density at radius 3 is 2.60 bits per heavy atom. The summed E-state index contributed by atoms with van der Waals surface area (Å²) >= 11 is 1.79. The van der Waals surface area contributed by atoms with Crippen molar-refractivity contribution in [2.45, 2.75) is 19.3 Å². The molecule has 2 fully saturated rings. The lowest BCUT2D eigenvalue weighted by Gasteiger charge is -2.34. The Bertz CT molecular complexity index is 367. The monoisotopic (exact) mass is 293 g/mol. The molecule has 1 saturated heterocycles. The van der Waals surface area contributed by atoms with Gasteiger partial charge in [0.25, 0.3) is 0 Å². The van der Waals surface area contributed by atoms with E-state index in [1.165, 1.54) is 64.1 Å². The Balaban J connectivity index is 1.21. The minimum Gasteiger partial charge on any atom is -0.315 e. The van der Waals surface area contributed by atoms with Gasteiger partial charge in [0.2, 0.25) is 0 Å². The van der Waals surface area contributed by atoms with Gasteiger partial charge in [0.1, 0.15) is 0 Å². The molecule has 1 aliphatic carbocycles. The van der Waals surface area contributed by atoms with E-state index in [9.17, 15) is 0 Å². The Hall–Kier alpha value is -0.420. The van der Waals surface area contributed by atoms with E-state index in [1.54, 1.807) is 11.3 Å². The zero-order valence-electron chi connectivity index (χ0n) is 12.4. The van der Waals surface area contributed by atoms with Gasteiger partial charge in [-0.05, 0) is 54.1 Å². The lowest BCUT2D eigenvalue weighted by Crippen LogP contribution is -2.48. The van der Waals surface area contributed by atoms with Crippen LogP contribution in [0.2, 0.25) is 0 Å². The molecule has 1 aromatic rings. The van der Waals surface area contributed by atoms with Gasteiger partial charge in [-0.15, -0.1) is 0 Å². The molecule has 0 amide bonds. The molecule has 3 nitrogen and oxygen atoms in total. The van der Waals surface area contributed by atoms with Gasteiger partial charge >= 0.3 is 0 Å². The molecular weight excluding hydrogens is 266 g/mol. The van der Waals surface area contributed by atoms with Crippen LogP contribution in [0.1, 0.15) is 18.4 Å². The van der Waals surface area contributed by atoms with Crippen molar-refractivity contribution < 1.29 is 0 Å². The summed E-state index contributed by atoms with van der Waals surface area (Å²) in [6, 6.07) is 2.23. The van der Waals surface area contributed by atoms with Crippen molar-refractivity contribution in [1.82, 2.24) is 15.1 Å².